The number of carbonyl (C=O) groups is 1. The standard InChI is InChI=1S/C18H16Cl2N2O4/c1-10(2)17-18(23)21(9-11-3-4-12(19)7-14(11)20)15-6-5-13(22(24)25)8-16(15)26-17/h3-8,10,17H,9H2,1-2H3. The average Bonchev–Trinajstić information content (AvgIpc) is 2.58. The SMILES string of the molecule is CC(C)C1Oc2cc([N+](=O)[O-])ccc2N(Cc2ccc(Cl)cc2Cl)C1=O. The number of hydrogen-bond acceptors (Lipinski definition) is 4. The van der Waals surface area contributed by atoms with Crippen LogP contribution >= 0.6 is 23.2 Å². The van der Waals surface area contributed by atoms with Crippen LogP contribution in [0.2, 0.25) is 10.0 Å². The molecule has 0 aromatic heterocycles. The van der Waals surface area contributed by atoms with Gasteiger partial charge in [0.05, 0.1) is 23.2 Å². The second kappa shape index (κ2) is 7.13. The number of nitro benzene ring substituents is 1. The highest BCUT2D eigenvalue weighted by atomic mass is 35.5. The van der Waals surface area contributed by atoms with Crippen molar-refractivity contribution in [1.29, 1.82) is 0 Å². The second-order valence-corrected chi connectivity index (χ2v) is 7.20. The summed E-state index contributed by atoms with van der Waals surface area (Å²) in [6.07, 6.45) is -0.726. The molecule has 1 unspecified atom stereocenters. The fraction of sp³-hybridized carbons (Fsp3) is 0.278. The molecule has 1 heterocycles. The van der Waals surface area contributed by atoms with E-state index in [-0.39, 0.29) is 24.1 Å². The number of anilines is 1. The Balaban J connectivity index is 2.05. The molecule has 0 saturated heterocycles. The molecule has 0 radical (unpaired) electrons. The zero-order valence-electron chi connectivity index (χ0n) is 14.1. The van der Waals surface area contributed by atoms with Gasteiger partial charge in [0, 0.05) is 16.1 Å². The minimum absolute atomic E-state index is 0.0925. The van der Waals surface area contributed by atoms with Crippen LogP contribution in [-0.4, -0.2) is 16.9 Å². The van der Waals surface area contributed by atoms with Gasteiger partial charge in [0.15, 0.2) is 11.9 Å². The predicted molar refractivity (Wildman–Crippen MR) is 100 cm³/mol. The van der Waals surface area contributed by atoms with Crippen molar-refractivity contribution >= 4 is 40.5 Å². The zero-order chi connectivity index (χ0) is 19.0. The third-order valence-corrected chi connectivity index (χ3v) is 4.74. The Hall–Kier alpha value is -2.31. The summed E-state index contributed by atoms with van der Waals surface area (Å²) in [7, 11) is 0. The molecule has 1 aliphatic heterocycles. The molecule has 136 valence electrons. The van der Waals surface area contributed by atoms with Crippen LogP contribution in [0.25, 0.3) is 0 Å². The lowest BCUT2D eigenvalue weighted by molar-refractivity contribution is -0.384. The second-order valence-electron chi connectivity index (χ2n) is 6.35. The lowest BCUT2D eigenvalue weighted by Crippen LogP contribution is -2.48. The number of benzene rings is 2. The number of nitro groups is 1. The summed E-state index contributed by atoms with van der Waals surface area (Å²) in [5, 5.41) is 12.0. The van der Waals surface area contributed by atoms with E-state index in [1.165, 1.54) is 18.2 Å². The van der Waals surface area contributed by atoms with E-state index in [0.29, 0.717) is 21.5 Å². The van der Waals surface area contributed by atoms with Crippen LogP contribution in [0, 0.1) is 16.0 Å². The number of amides is 1. The highest BCUT2D eigenvalue weighted by Gasteiger charge is 2.37. The van der Waals surface area contributed by atoms with E-state index < -0.39 is 11.0 Å². The molecule has 6 nitrogen and oxygen atoms in total. The highest BCUT2D eigenvalue weighted by Crippen LogP contribution is 2.39. The van der Waals surface area contributed by atoms with E-state index in [0.717, 1.165) is 5.56 Å². The molecule has 0 fully saturated rings. The van der Waals surface area contributed by atoms with Gasteiger partial charge in [0.25, 0.3) is 11.6 Å². The number of carbonyl (C=O) groups excluding carboxylic acids is 1. The lowest BCUT2D eigenvalue weighted by Gasteiger charge is -2.36. The summed E-state index contributed by atoms with van der Waals surface area (Å²) in [6, 6.07) is 9.27. The molecule has 3 rings (SSSR count). The summed E-state index contributed by atoms with van der Waals surface area (Å²) in [6.45, 7) is 3.93. The van der Waals surface area contributed by atoms with Gasteiger partial charge in [-0.05, 0) is 29.7 Å². The normalized spacial score (nSPS) is 16.4. The molecule has 0 bridgehead atoms. The average molecular weight is 395 g/mol. The Bertz CT molecular complexity index is 885. The van der Waals surface area contributed by atoms with Gasteiger partial charge in [0.1, 0.15) is 0 Å². The van der Waals surface area contributed by atoms with E-state index in [9.17, 15) is 14.9 Å². The largest absolute Gasteiger partial charge is 0.478 e. The number of fused-ring (bicyclic) bond motifs is 1. The summed E-state index contributed by atoms with van der Waals surface area (Å²) in [5.41, 5.74) is 1.10. The molecule has 2 aromatic rings. The minimum Gasteiger partial charge on any atom is -0.478 e. The topological polar surface area (TPSA) is 72.7 Å². The van der Waals surface area contributed by atoms with E-state index >= 15 is 0 Å². The summed E-state index contributed by atoms with van der Waals surface area (Å²) in [5.74, 6) is -0.00643. The van der Waals surface area contributed by atoms with Gasteiger partial charge in [-0.3, -0.25) is 14.9 Å². The molecule has 8 heteroatoms. The highest BCUT2D eigenvalue weighted by molar-refractivity contribution is 6.35. The first-order chi connectivity index (χ1) is 12.3. The van der Waals surface area contributed by atoms with Crippen molar-refractivity contribution in [2.45, 2.75) is 26.5 Å². The van der Waals surface area contributed by atoms with Crippen LogP contribution in [0.5, 0.6) is 5.75 Å². The van der Waals surface area contributed by atoms with Crippen molar-refractivity contribution < 1.29 is 14.5 Å². The monoisotopic (exact) mass is 394 g/mol. The fourth-order valence-electron chi connectivity index (χ4n) is 2.80. The van der Waals surface area contributed by atoms with E-state index in [1.807, 2.05) is 13.8 Å². The van der Waals surface area contributed by atoms with Crippen LogP contribution in [0.4, 0.5) is 11.4 Å². The van der Waals surface area contributed by atoms with Gasteiger partial charge in [-0.15, -0.1) is 0 Å². The van der Waals surface area contributed by atoms with Gasteiger partial charge in [0.2, 0.25) is 0 Å². The predicted octanol–water partition coefficient (Wildman–Crippen LogP) is 4.85. The first-order valence-corrected chi connectivity index (χ1v) is 8.74. The Morgan fingerprint density at radius 2 is 1.96 bits per heavy atom. The van der Waals surface area contributed by atoms with Gasteiger partial charge in [-0.25, -0.2) is 0 Å². The Kier molecular flexibility index (Phi) is 5.07. The molecule has 0 aliphatic carbocycles. The Morgan fingerprint density at radius 3 is 2.58 bits per heavy atom. The van der Waals surface area contributed by atoms with E-state index in [2.05, 4.69) is 0 Å². The molecule has 2 aromatic carbocycles. The third-order valence-electron chi connectivity index (χ3n) is 4.16. The summed E-state index contributed by atoms with van der Waals surface area (Å²) in [4.78, 5) is 25.0. The van der Waals surface area contributed by atoms with Crippen LogP contribution in [0.3, 0.4) is 0 Å². The molecule has 1 aliphatic rings. The maximum atomic E-state index is 12.9. The zero-order valence-corrected chi connectivity index (χ0v) is 15.6. The molecule has 0 spiro atoms. The summed E-state index contributed by atoms with van der Waals surface area (Å²) >= 11 is 12.2. The Morgan fingerprint density at radius 1 is 1.23 bits per heavy atom. The molecule has 1 atom stereocenters. The number of ether oxygens (including phenoxy) is 1. The Labute approximate surface area is 160 Å². The van der Waals surface area contributed by atoms with E-state index in [1.54, 1.807) is 23.1 Å². The molecule has 0 saturated carbocycles. The van der Waals surface area contributed by atoms with Gasteiger partial charge in [-0.2, -0.15) is 0 Å². The van der Waals surface area contributed by atoms with Crippen LogP contribution < -0.4 is 9.64 Å². The minimum atomic E-state index is -0.726. The quantitative estimate of drug-likeness (QED) is 0.548. The van der Waals surface area contributed by atoms with Crippen molar-refractivity contribution in [3.8, 4) is 5.75 Å². The van der Waals surface area contributed by atoms with Gasteiger partial charge in [-0.1, -0.05) is 43.1 Å². The number of non-ortho nitro benzene ring substituents is 1. The van der Waals surface area contributed by atoms with E-state index in [4.69, 9.17) is 27.9 Å². The van der Waals surface area contributed by atoms with Gasteiger partial charge < -0.3 is 9.64 Å². The molecular weight excluding hydrogens is 379 g/mol. The number of halogens is 2. The molecule has 1 amide bonds. The van der Waals surface area contributed by atoms with Crippen LogP contribution in [0.1, 0.15) is 19.4 Å². The number of rotatable bonds is 4. The fourth-order valence-corrected chi connectivity index (χ4v) is 3.27. The van der Waals surface area contributed by atoms with Crippen molar-refractivity contribution in [2.75, 3.05) is 4.90 Å². The van der Waals surface area contributed by atoms with Gasteiger partial charge >= 0.3 is 0 Å². The van der Waals surface area contributed by atoms with Crippen LogP contribution in [-0.2, 0) is 11.3 Å². The summed E-state index contributed by atoms with van der Waals surface area (Å²) < 4.78 is 5.76. The number of hydrogen-bond donors (Lipinski definition) is 0. The maximum absolute atomic E-state index is 12.9. The molecule has 26 heavy (non-hydrogen) atoms. The van der Waals surface area contributed by atoms with Crippen molar-refractivity contribution in [3.63, 3.8) is 0 Å². The molecular formula is C18H16Cl2N2O4. The first kappa shape index (κ1) is 18.5. The number of nitrogens with zero attached hydrogens (tertiary/aromatic N) is 2. The lowest BCUT2D eigenvalue weighted by atomic mass is 10.0. The smallest absolute Gasteiger partial charge is 0.273 e. The molecule has 0 N–H and O–H groups in total. The van der Waals surface area contributed by atoms with Crippen LogP contribution in [0.15, 0.2) is 36.4 Å². The van der Waals surface area contributed by atoms with Crippen molar-refractivity contribution in [2.24, 2.45) is 5.92 Å². The van der Waals surface area contributed by atoms with Crippen molar-refractivity contribution in [1.82, 2.24) is 0 Å². The van der Waals surface area contributed by atoms with Crippen molar-refractivity contribution in [3.05, 3.63) is 62.1 Å². The maximum Gasteiger partial charge on any atom is 0.273 e. The first-order valence-electron chi connectivity index (χ1n) is 7.98. The third kappa shape index (κ3) is 3.48.